The lowest BCUT2D eigenvalue weighted by Crippen LogP contribution is -2.24. The van der Waals surface area contributed by atoms with Gasteiger partial charge < -0.3 is 15.4 Å². The van der Waals surface area contributed by atoms with E-state index in [-0.39, 0.29) is 30.1 Å². The van der Waals surface area contributed by atoms with Crippen molar-refractivity contribution in [1.82, 2.24) is 9.97 Å². The molecule has 2 aromatic rings. The number of ether oxygens (including phenoxy) is 1. The molecular weight excluding hydrogens is 454 g/mol. The molecule has 32 heavy (non-hydrogen) atoms. The van der Waals surface area contributed by atoms with E-state index in [1.54, 1.807) is 12.3 Å². The lowest BCUT2D eigenvalue weighted by molar-refractivity contribution is -0.145. The van der Waals surface area contributed by atoms with Crippen molar-refractivity contribution in [1.29, 1.82) is 0 Å². The first-order valence-corrected chi connectivity index (χ1v) is 11.6. The van der Waals surface area contributed by atoms with Crippen LogP contribution in [0.4, 0.5) is 10.3 Å². The third-order valence-corrected chi connectivity index (χ3v) is 6.62. The molecular formula is C20H19N5O5S2. The monoisotopic (exact) mass is 473 g/mol. The minimum absolute atomic E-state index is 0.0111. The number of rotatable bonds is 7. The summed E-state index contributed by atoms with van der Waals surface area (Å²) < 4.78 is 5.10. The molecule has 0 radical (unpaired) electrons. The Balaban J connectivity index is 1.31. The van der Waals surface area contributed by atoms with E-state index in [1.807, 2.05) is 0 Å². The Bertz CT molecular complexity index is 1120. The number of aromatic nitrogens is 2. The van der Waals surface area contributed by atoms with E-state index >= 15 is 0 Å². The molecule has 2 atom stereocenters. The number of fused-ring (bicyclic) bond motifs is 1. The van der Waals surface area contributed by atoms with Crippen molar-refractivity contribution in [2.75, 3.05) is 17.2 Å². The standard InChI is InChI=1S/C20H19N5O5S2/c1-2-30-18(29)12-4-5-13-16(12)24-20(32-13)23-15(27)7-11-9-31-19(22-11)25-17(28)10-3-6-14(26)21-8-10/h3,6,8-10,12H,2,4-5,7H2,1H3,(H,22,25,28)(H,23,24,27). The highest BCUT2D eigenvalue weighted by atomic mass is 32.1. The van der Waals surface area contributed by atoms with Crippen LogP contribution in [0.15, 0.2) is 22.5 Å². The highest BCUT2D eigenvalue weighted by Gasteiger charge is 2.33. The number of thiazole rings is 2. The van der Waals surface area contributed by atoms with E-state index in [9.17, 15) is 19.2 Å². The summed E-state index contributed by atoms with van der Waals surface area (Å²) >= 11 is 2.56. The predicted molar refractivity (Wildman–Crippen MR) is 119 cm³/mol. The van der Waals surface area contributed by atoms with Crippen LogP contribution in [0.2, 0.25) is 0 Å². The van der Waals surface area contributed by atoms with Crippen LogP contribution in [0, 0.1) is 5.92 Å². The number of amides is 3. The number of carbonyl (C=O) groups excluding carboxylic acids is 4. The number of nitrogens with zero attached hydrogens (tertiary/aromatic N) is 3. The van der Waals surface area contributed by atoms with Gasteiger partial charge in [0.25, 0.3) is 5.91 Å². The van der Waals surface area contributed by atoms with Gasteiger partial charge in [0.05, 0.1) is 30.3 Å². The van der Waals surface area contributed by atoms with Gasteiger partial charge in [-0.3, -0.25) is 19.2 Å². The number of nitrogens with one attached hydrogen (secondary N) is 2. The van der Waals surface area contributed by atoms with Gasteiger partial charge in [0.1, 0.15) is 5.92 Å². The van der Waals surface area contributed by atoms with E-state index in [1.165, 1.54) is 41.0 Å². The van der Waals surface area contributed by atoms with Crippen molar-refractivity contribution < 1.29 is 23.9 Å². The highest BCUT2D eigenvalue weighted by molar-refractivity contribution is 7.16. The lowest BCUT2D eigenvalue weighted by atomic mass is 10.1. The molecule has 10 nitrogen and oxygen atoms in total. The second-order valence-electron chi connectivity index (χ2n) is 7.03. The maximum absolute atomic E-state index is 12.4. The molecule has 0 bridgehead atoms. The van der Waals surface area contributed by atoms with Crippen molar-refractivity contribution >= 4 is 62.8 Å². The number of anilines is 2. The predicted octanol–water partition coefficient (Wildman–Crippen LogP) is 2.10. The molecule has 3 heterocycles. The number of aryl methyl sites for hydroxylation is 1. The third-order valence-electron chi connectivity index (χ3n) is 4.77. The molecule has 2 aromatic heterocycles. The number of dihydropyridines is 1. The molecule has 0 fully saturated rings. The van der Waals surface area contributed by atoms with Crippen LogP contribution in [0.5, 0.6) is 0 Å². The van der Waals surface area contributed by atoms with Crippen LogP contribution in [-0.2, 0) is 36.8 Å². The summed E-state index contributed by atoms with van der Waals surface area (Å²) in [6.07, 6.45) is 5.40. The van der Waals surface area contributed by atoms with Gasteiger partial charge in [-0.15, -0.1) is 22.7 Å². The minimum atomic E-state index is -0.645. The summed E-state index contributed by atoms with van der Waals surface area (Å²) in [4.78, 5) is 61.0. The van der Waals surface area contributed by atoms with Crippen molar-refractivity contribution in [2.45, 2.75) is 32.1 Å². The Hall–Kier alpha value is -3.25. The topological polar surface area (TPSA) is 140 Å². The van der Waals surface area contributed by atoms with Gasteiger partial charge in [-0.2, -0.15) is 0 Å². The van der Waals surface area contributed by atoms with Gasteiger partial charge in [-0.25, -0.2) is 15.0 Å². The van der Waals surface area contributed by atoms with Crippen molar-refractivity contribution in [3.8, 4) is 0 Å². The van der Waals surface area contributed by atoms with Crippen molar-refractivity contribution in [2.24, 2.45) is 10.9 Å². The second kappa shape index (κ2) is 9.49. The van der Waals surface area contributed by atoms with Gasteiger partial charge in [0, 0.05) is 22.5 Å². The third kappa shape index (κ3) is 4.97. The van der Waals surface area contributed by atoms with E-state index in [4.69, 9.17) is 4.74 Å². The molecule has 12 heteroatoms. The fraction of sp³-hybridized carbons (Fsp3) is 0.350. The van der Waals surface area contributed by atoms with Crippen molar-refractivity contribution in [3.63, 3.8) is 0 Å². The Morgan fingerprint density at radius 1 is 1.22 bits per heavy atom. The quantitative estimate of drug-likeness (QED) is 0.587. The van der Waals surface area contributed by atoms with Gasteiger partial charge >= 0.3 is 5.97 Å². The fourth-order valence-corrected chi connectivity index (χ4v) is 5.07. The largest absolute Gasteiger partial charge is 0.465 e. The summed E-state index contributed by atoms with van der Waals surface area (Å²) in [5.41, 5.74) is 1.18. The van der Waals surface area contributed by atoms with Crippen LogP contribution in [0.1, 0.15) is 35.5 Å². The number of aliphatic imine (C=N–C) groups is 1. The smallest absolute Gasteiger partial charge is 0.315 e. The normalized spacial score (nSPS) is 19.0. The van der Waals surface area contributed by atoms with Crippen molar-refractivity contribution in [3.05, 3.63) is 33.8 Å². The Labute approximate surface area is 190 Å². The first-order chi connectivity index (χ1) is 15.4. The Morgan fingerprint density at radius 2 is 2.06 bits per heavy atom. The maximum atomic E-state index is 12.4. The van der Waals surface area contributed by atoms with Gasteiger partial charge in [-0.1, -0.05) is 6.08 Å². The molecule has 0 spiro atoms. The molecule has 2 unspecified atom stereocenters. The van der Waals surface area contributed by atoms with E-state index in [0.717, 1.165) is 11.3 Å². The number of esters is 1. The SMILES string of the molecule is CCOC(=O)C1CCc2sc(NC(=O)Cc3csc(NC(=O)C4C=CC(=O)N=C4)n3)nc21. The fourth-order valence-electron chi connectivity index (χ4n) is 3.30. The van der Waals surface area contributed by atoms with E-state index in [0.29, 0.717) is 34.7 Å². The van der Waals surface area contributed by atoms with E-state index in [2.05, 4.69) is 25.6 Å². The molecule has 0 aromatic carbocycles. The zero-order chi connectivity index (χ0) is 22.7. The summed E-state index contributed by atoms with van der Waals surface area (Å²) in [6.45, 7) is 2.08. The molecule has 1 aliphatic carbocycles. The summed E-state index contributed by atoms with van der Waals surface area (Å²) in [6, 6.07) is 0. The summed E-state index contributed by atoms with van der Waals surface area (Å²) in [5.74, 6) is -2.37. The molecule has 0 saturated carbocycles. The number of hydrogen-bond acceptors (Lipinski definition) is 9. The second-order valence-corrected chi connectivity index (χ2v) is 8.97. The maximum Gasteiger partial charge on any atom is 0.315 e. The molecule has 3 amide bonds. The summed E-state index contributed by atoms with van der Waals surface area (Å²) in [5, 5.41) is 7.88. The zero-order valence-electron chi connectivity index (χ0n) is 17.0. The van der Waals surface area contributed by atoms with Crippen LogP contribution in [-0.4, -0.2) is 46.5 Å². The molecule has 1 aliphatic heterocycles. The summed E-state index contributed by atoms with van der Waals surface area (Å²) in [7, 11) is 0. The average molecular weight is 474 g/mol. The molecule has 2 N–H and O–H groups in total. The van der Waals surface area contributed by atoms with Gasteiger partial charge in [-0.05, 0) is 19.8 Å². The molecule has 166 valence electrons. The van der Waals surface area contributed by atoms with Crippen LogP contribution in [0.25, 0.3) is 0 Å². The number of carbonyl (C=O) groups is 4. The zero-order valence-corrected chi connectivity index (χ0v) is 18.6. The first kappa shape index (κ1) is 22.0. The van der Waals surface area contributed by atoms with Crippen LogP contribution >= 0.6 is 22.7 Å². The Morgan fingerprint density at radius 3 is 2.81 bits per heavy atom. The molecule has 0 saturated heterocycles. The van der Waals surface area contributed by atoms with Crippen LogP contribution < -0.4 is 10.6 Å². The van der Waals surface area contributed by atoms with E-state index < -0.39 is 11.8 Å². The van der Waals surface area contributed by atoms with Gasteiger partial charge in [0.15, 0.2) is 10.3 Å². The minimum Gasteiger partial charge on any atom is -0.465 e. The lowest BCUT2D eigenvalue weighted by Gasteiger charge is -2.08. The number of hydrogen-bond donors (Lipinski definition) is 2. The van der Waals surface area contributed by atoms with Gasteiger partial charge in [0.2, 0.25) is 11.8 Å². The Kier molecular flexibility index (Phi) is 6.51. The van der Waals surface area contributed by atoms with Crippen LogP contribution in [0.3, 0.4) is 0 Å². The average Bonchev–Trinajstić information content (AvgIpc) is 3.44. The first-order valence-electron chi connectivity index (χ1n) is 9.90. The highest BCUT2D eigenvalue weighted by Crippen LogP contribution is 2.39. The molecule has 4 rings (SSSR count). The molecule has 2 aliphatic rings.